The molecule has 4 heterocycles. The first kappa shape index (κ1) is 19.8. The summed E-state index contributed by atoms with van der Waals surface area (Å²) in [6.07, 6.45) is 5.35. The third-order valence-electron chi connectivity index (χ3n) is 4.71. The summed E-state index contributed by atoms with van der Waals surface area (Å²) in [4.78, 5) is 8.31. The Balaban J connectivity index is 0.000000197. The Bertz CT molecular complexity index is 916. The summed E-state index contributed by atoms with van der Waals surface area (Å²) < 4.78 is 19.4. The highest BCUT2D eigenvalue weighted by atomic mass is 79.9. The number of methoxy groups -OCH3 is 1. The first-order valence-corrected chi connectivity index (χ1v) is 9.33. The van der Waals surface area contributed by atoms with Crippen molar-refractivity contribution < 1.29 is 14.0 Å². The SMILES string of the molecule is CC1(C)OB(c2cnn3cccnc23)OC1(C)C.COc1cccc(Br)n1. The van der Waals surface area contributed by atoms with Gasteiger partial charge in [-0.05, 0) is 55.8 Å². The van der Waals surface area contributed by atoms with Crippen molar-refractivity contribution in [3.8, 4) is 5.88 Å². The van der Waals surface area contributed by atoms with Crippen LogP contribution in [0.25, 0.3) is 5.65 Å². The number of fused-ring (bicyclic) bond motifs is 1. The van der Waals surface area contributed by atoms with E-state index >= 15 is 0 Å². The third kappa shape index (κ3) is 4.15. The zero-order valence-electron chi connectivity index (χ0n) is 16.0. The van der Waals surface area contributed by atoms with Gasteiger partial charge >= 0.3 is 7.12 Å². The Morgan fingerprint density at radius 3 is 2.41 bits per heavy atom. The van der Waals surface area contributed by atoms with Crippen molar-refractivity contribution in [2.45, 2.75) is 38.9 Å². The van der Waals surface area contributed by atoms with E-state index in [0.717, 1.165) is 15.7 Å². The number of hydrogen-bond acceptors (Lipinski definition) is 6. The normalized spacial score (nSPS) is 17.5. The zero-order chi connectivity index (χ0) is 19.7. The minimum atomic E-state index is -0.414. The van der Waals surface area contributed by atoms with E-state index in [1.165, 1.54) is 0 Å². The molecule has 142 valence electrons. The van der Waals surface area contributed by atoms with Gasteiger partial charge in [0.15, 0.2) is 5.65 Å². The monoisotopic (exact) mass is 432 g/mol. The highest BCUT2D eigenvalue weighted by Crippen LogP contribution is 2.36. The van der Waals surface area contributed by atoms with Gasteiger partial charge in [-0.2, -0.15) is 5.10 Å². The quantitative estimate of drug-likeness (QED) is 0.458. The second-order valence-corrected chi connectivity index (χ2v) is 7.89. The molecule has 3 aromatic heterocycles. The predicted molar refractivity (Wildman–Crippen MR) is 107 cm³/mol. The van der Waals surface area contributed by atoms with Crippen molar-refractivity contribution in [2.24, 2.45) is 0 Å². The number of halogens is 1. The highest BCUT2D eigenvalue weighted by Gasteiger charge is 2.52. The molecule has 9 heteroatoms. The molecule has 0 N–H and O–H groups in total. The van der Waals surface area contributed by atoms with Crippen LogP contribution in [0.15, 0.2) is 47.5 Å². The Hall–Kier alpha value is -1.97. The maximum absolute atomic E-state index is 6.00. The smallest absolute Gasteiger partial charge is 0.481 e. The van der Waals surface area contributed by atoms with Gasteiger partial charge in [0.2, 0.25) is 5.88 Å². The van der Waals surface area contributed by atoms with Crippen molar-refractivity contribution in [3.05, 3.63) is 47.5 Å². The topological polar surface area (TPSA) is 70.8 Å². The lowest BCUT2D eigenvalue weighted by atomic mass is 9.81. The van der Waals surface area contributed by atoms with Gasteiger partial charge in [0.1, 0.15) is 4.60 Å². The van der Waals surface area contributed by atoms with Gasteiger partial charge in [-0.3, -0.25) is 0 Å². The van der Waals surface area contributed by atoms with E-state index in [4.69, 9.17) is 14.0 Å². The maximum atomic E-state index is 6.00. The van der Waals surface area contributed by atoms with Gasteiger partial charge in [0.05, 0.1) is 24.5 Å². The largest absolute Gasteiger partial charge is 0.500 e. The first-order valence-electron chi connectivity index (χ1n) is 8.54. The fraction of sp³-hybridized carbons (Fsp3) is 0.389. The average molecular weight is 433 g/mol. The Labute approximate surface area is 167 Å². The third-order valence-corrected chi connectivity index (χ3v) is 5.15. The molecular weight excluding hydrogens is 411 g/mol. The van der Waals surface area contributed by atoms with Crippen LogP contribution in [0.1, 0.15) is 27.7 Å². The molecule has 0 radical (unpaired) electrons. The van der Waals surface area contributed by atoms with Crippen LogP contribution in [0.5, 0.6) is 5.88 Å². The molecule has 1 saturated heterocycles. The van der Waals surface area contributed by atoms with E-state index in [-0.39, 0.29) is 11.2 Å². The summed E-state index contributed by atoms with van der Waals surface area (Å²) in [6.45, 7) is 8.14. The summed E-state index contributed by atoms with van der Waals surface area (Å²) in [7, 11) is 1.18. The van der Waals surface area contributed by atoms with E-state index in [9.17, 15) is 0 Å². The van der Waals surface area contributed by atoms with E-state index in [0.29, 0.717) is 5.88 Å². The number of rotatable bonds is 2. The summed E-state index contributed by atoms with van der Waals surface area (Å²) in [5.41, 5.74) is 0.951. The van der Waals surface area contributed by atoms with Crippen LogP contribution in [0.3, 0.4) is 0 Å². The Kier molecular flexibility index (Phi) is 5.55. The number of hydrogen-bond donors (Lipinski definition) is 0. The average Bonchev–Trinajstić information content (AvgIpc) is 3.13. The zero-order valence-corrected chi connectivity index (χ0v) is 17.6. The van der Waals surface area contributed by atoms with Gasteiger partial charge in [-0.1, -0.05) is 6.07 Å². The Morgan fingerprint density at radius 2 is 1.81 bits per heavy atom. The molecule has 27 heavy (non-hydrogen) atoms. The molecule has 1 aliphatic rings. The molecule has 0 aliphatic carbocycles. The lowest BCUT2D eigenvalue weighted by molar-refractivity contribution is 0.00578. The minimum absolute atomic E-state index is 0.347. The van der Waals surface area contributed by atoms with E-state index < -0.39 is 7.12 Å². The molecule has 0 bridgehead atoms. The fourth-order valence-electron chi connectivity index (χ4n) is 2.49. The lowest BCUT2D eigenvalue weighted by Crippen LogP contribution is -2.41. The lowest BCUT2D eigenvalue weighted by Gasteiger charge is -2.32. The van der Waals surface area contributed by atoms with Gasteiger partial charge < -0.3 is 14.0 Å². The molecule has 3 aromatic rings. The van der Waals surface area contributed by atoms with Crippen LogP contribution in [0, 0.1) is 0 Å². The standard InChI is InChI=1S/C12H16BN3O2.C6H6BrNO/c1-11(2)12(3,4)18-13(17-11)9-8-15-16-7-5-6-14-10(9)16;1-9-6-4-2-3-5(7)8-6/h5-8H,1-4H3;2-4H,1H3. The van der Waals surface area contributed by atoms with Crippen LogP contribution < -0.4 is 10.2 Å². The van der Waals surface area contributed by atoms with Crippen LogP contribution >= 0.6 is 15.9 Å². The van der Waals surface area contributed by atoms with E-state index in [1.807, 2.05) is 52.1 Å². The summed E-state index contributed by atoms with van der Waals surface area (Å²) in [5.74, 6) is 0.629. The molecule has 0 spiro atoms. The molecule has 7 nitrogen and oxygen atoms in total. The van der Waals surface area contributed by atoms with Crippen molar-refractivity contribution in [1.82, 2.24) is 19.6 Å². The van der Waals surface area contributed by atoms with Crippen LogP contribution in [0.4, 0.5) is 0 Å². The molecule has 0 saturated carbocycles. The molecule has 0 atom stereocenters. The molecule has 4 rings (SSSR count). The predicted octanol–water partition coefficient (Wildman–Crippen LogP) is 2.88. The molecule has 1 fully saturated rings. The number of nitrogens with zero attached hydrogens (tertiary/aromatic N) is 4. The molecule has 0 unspecified atom stereocenters. The van der Waals surface area contributed by atoms with Gasteiger partial charge in [-0.15, -0.1) is 0 Å². The second-order valence-electron chi connectivity index (χ2n) is 7.08. The van der Waals surface area contributed by atoms with Crippen LogP contribution in [0.2, 0.25) is 0 Å². The van der Waals surface area contributed by atoms with Crippen molar-refractivity contribution in [3.63, 3.8) is 0 Å². The number of aromatic nitrogens is 4. The number of ether oxygens (including phenoxy) is 1. The number of pyridine rings is 1. The molecule has 0 amide bonds. The molecule has 1 aliphatic heterocycles. The van der Waals surface area contributed by atoms with E-state index in [1.54, 1.807) is 30.1 Å². The summed E-state index contributed by atoms with van der Waals surface area (Å²) >= 11 is 3.21. The Morgan fingerprint density at radius 1 is 1.11 bits per heavy atom. The van der Waals surface area contributed by atoms with Gasteiger partial charge in [0.25, 0.3) is 0 Å². The first-order chi connectivity index (χ1) is 12.7. The summed E-state index contributed by atoms with van der Waals surface area (Å²) in [5, 5.41) is 4.25. The maximum Gasteiger partial charge on any atom is 0.500 e. The van der Waals surface area contributed by atoms with Crippen LogP contribution in [-0.2, 0) is 9.31 Å². The minimum Gasteiger partial charge on any atom is -0.481 e. The van der Waals surface area contributed by atoms with Crippen LogP contribution in [-0.4, -0.2) is 45.0 Å². The second kappa shape index (κ2) is 7.57. The fourth-order valence-corrected chi connectivity index (χ4v) is 2.81. The van der Waals surface area contributed by atoms with E-state index in [2.05, 4.69) is 31.0 Å². The molecular formula is C18H22BBrN4O3. The summed E-state index contributed by atoms with van der Waals surface area (Å²) in [6, 6.07) is 7.36. The highest BCUT2D eigenvalue weighted by molar-refractivity contribution is 9.10. The van der Waals surface area contributed by atoms with Gasteiger partial charge in [-0.25, -0.2) is 14.5 Å². The molecule has 0 aromatic carbocycles. The van der Waals surface area contributed by atoms with Gasteiger partial charge in [0, 0.05) is 23.9 Å². The van der Waals surface area contributed by atoms with Crippen molar-refractivity contribution in [2.75, 3.05) is 7.11 Å². The van der Waals surface area contributed by atoms with Crippen molar-refractivity contribution in [1.29, 1.82) is 0 Å². The van der Waals surface area contributed by atoms with Crippen molar-refractivity contribution >= 4 is 34.2 Å².